The van der Waals surface area contributed by atoms with Crippen molar-refractivity contribution in [1.82, 2.24) is 15.0 Å². The largest absolute Gasteiger partial charge is 0.322 e. The van der Waals surface area contributed by atoms with E-state index < -0.39 is 11.7 Å². The fourth-order valence-electron chi connectivity index (χ4n) is 2.81. The molecule has 2 heterocycles. The predicted molar refractivity (Wildman–Crippen MR) is 114 cm³/mol. The first kappa shape index (κ1) is 19.5. The molecule has 0 unspecified atom stereocenters. The highest BCUT2D eigenvalue weighted by atomic mass is 35.5. The van der Waals surface area contributed by atoms with Gasteiger partial charge in [-0.15, -0.1) is 0 Å². The molecule has 0 saturated carbocycles. The molecule has 1 amide bonds. The molecular weight excluding hydrogens is 405 g/mol. The number of nitrogens with zero attached hydrogens (tertiary/aromatic N) is 3. The average molecular weight is 420 g/mol. The number of hydrogen-bond acceptors (Lipinski definition) is 5. The summed E-state index contributed by atoms with van der Waals surface area (Å²) in [6.07, 6.45) is 4.65. The van der Waals surface area contributed by atoms with Gasteiger partial charge in [0.15, 0.2) is 0 Å². The summed E-state index contributed by atoms with van der Waals surface area (Å²) in [5.41, 5.74) is 2.58. The van der Waals surface area contributed by atoms with E-state index in [1.165, 1.54) is 30.5 Å². The minimum absolute atomic E-state index is 0.0818. The SMILES string of the molecule is O=C(Nc1cnccc1-c1ccccc1)c1ccnc(Nc2ccc(Cl)cc2F)n1. The third-order valence-corrected chi connectivity index (χ3v) is 4.45. The van der Waals surface area contributed by atoms with Crippen molar-refractivity contribution in [1.29, 1.82) is 0 Å². The molecule has 0 bridgehead atoms. The van der Waals surface area contributed by atoms with Gasteiger partial charge in [0.25, 0.3) is 5.91 Å². The third-order valence-electron chi connectivity index (χ3n) is 4.22. The van der Waals surface area contributed by atoms with Crippen LogP contribution in [0.3, 0.4) is 0 Å². The van der Waals surface area contributed by atoms with Gasteiger partial charge in [-0.2, -0.15) is 0 Å². The second kappa shape index (κ2) is 8.67. The molecule has 2 N–H and O–H groups in total. The van der Waals surface area contributed by atoms with Gasteiger partial charge >= 0.3 is 0 Å². The van der Waals surface area contributed by atoms with Crippen LogP contribution in [0.2, 0.25) is 5.02 Å². The molecular formula is C22H15ClFN5O. The number of carbonyl (C=O) groups excluding carboxylic acids is 1. The van der Waals surface area contributed by atoms with Crippen molar-refractivity contribution >= 4 is 34.8 Å². The van der Waals surface area contributed by atoms with Crippen molar-refractivity contribution in [2.45, 2.75) is 0 Å². The number of benzene rings is 2. The fraction of sp³-hybridized carbons (Fsp3) is 0. The molecule has 148 valence electrons. The number of rotatable bonds is 5. The Kier molecular flexibility index (Phi) is 5.63. The number of nitrogens with one attached hydrogen (secondary N) is 2. The van der Waals surface area contributed by atoms with Crippen LogP contribution in [0.4, 0.5) is 21.7 Å². The first-order valence-corrected chi connectivity index (χ1v) is 9.34. The normalized spacial score (nSPS) is 10.5. The zero-order chi connectivity index (χ0) is 20.9. The lowest BCUT2D eigenvalue weighted by molar-refractivity contribution is 0.102. The Balaban J connectivity index is 1.56. The first-order valence-electron chi connectivity index (χ1n) is 8.96. The van der Waals surface area contributed by atoms with E-state index >= 15 is 0 Å². The molecule has 4 aromatic rings. The summed E-state index contributed by atoms with van der Waals surface area (Å²) in [5, 5.41) is 5.85. The summed E-state index contributed by atoms with van der Waals surface area (Å²) >= 11 is 5.76. The molecule has 0 radical (unpaired) electrons. The van der Waals surface area contributed by atoms with E-state index in [4.69, 9.17) is 11.6 Å². The summed E-state index contributed by atoms with van der Waals surface area (Å²) < 4.78 is 14.0. The molecule has 30 heavy (non-hydrogen) atoms. The molecule has 0 saturated heterocycles. The molecule has 8 heteroatoms. The van der Waals surface area contributed by atoms with Crippen LogP contribution < -0.4 is 10.6 Å². The molecule has 4 rings (SSSR count). The minimum atomic E-state index is -0.552. The minimum Gasteiger partial charge on any atom is -0.322 e. The van der Waals surface area contributed by atoms with Crippen molar-refractivity contribution < 1.29 is 9.18 Å². The summed E-state index contributed by atoms with van der Waals surface area (Å²) in [6.45, 7) is 0. The van der Waals surface area contributed by atoms with Gasteiger partial charge in [-0.3, -0.25) is 9.78 Å². The van der Waals surface area contributed by atoms with Crippen molar-refractivity contribution in [3.63, 3.8) is 0 Å². The Morgan fingerprint density at radius 2 is 1.80 bits per heavy atom. The van der Waals surface area contributed by atoms with Gasteiger partial charge in [0.1, 0.15) is 11.5 Å². The van der Waals surface area contributed by atoms with Crippen LogP contribution in [0.5, 0.6) is 0 Å². The smallest absolute Gasteiger partial charge is 0.274 e. The second-order valence-electron chi connectivity index (χ2n) is 6.26. The third kappa shape index (κ3) is 4.42. The lowest BCUT2D eigenvalue weighted by atomic mass is 10.1. The fourth-order valence-corrected chi connectivity index (χ4v) is 2.97. The highest BCUT2D eigenvalue weighted by Crippen LogP contribution is 2.27. The lowest BCUT2D eigenvalue weighted by Gasteiger charge is -2.11. The molecule has 2 aromatic carbocycles. The number of halogens is 2. The van der Waals surface area contributed by atoms with E-state index in [0.717, 1.165) is 11.1 Å². The maximum Gasteiger partial charge on any atom is 0.274 e. The van der Waals surface area contributed by atoms with Gasteiger partial charge < -0.3 is 10.6 Å². The quantitative estimate of drug-likeness (QED) is 0.457. The number of aromatic nitrogens is 3. The van der Waals surface area contributed by atoms with Gasteiger partial charge in [-0.25, -0.2) is 14.4 Å². The molecule has 0 spiro atoms. The maximum absolute atomic E-state index is 14.0. The molecule has 0 atom stereocenters. The molecule has 0 fully saturated rings. The number of amides is 1. The second-order valence-corrected chi connectivity index (χ2v) is 6.69. The highest BCUT2D eigenvalue weighted by molar-refractivity contribution is 6.30. The molecule has 6 nitrogen and oxygen atoms in total. The van der Waals surface area contributed by atoms with Crippen LogP contribution in [-0.4, -0.2) is 20.9 Å². The number of pyridine rings is 1. The standard InChI is InChI=1S/C22H15ClFN5O/c23-15-6-7-18(17(24)12-15)28-22-26-11-9-19(29-22)21(30)27-20-13-25-10-8-16(20)14-4-2-1-3-5-14/h1-13H,(H,27,30)(H,26,28,29). The van der Waals surface area contributed by atoms with Crippen molar-refractivity contribution in [3.05, 3.63) is 95.8 Å². The molecule has 0 aliphatic carbocycles. The van der Waals surface area contributed by atoms with E-state index in [2.05, 4.69) is 25.6 Å². The van der Waals surface area contributed by atoms with Crippen LogP contribution in [0.25, 0.3) is 11.1 Å². The van der Waals surface area contributed by atoms with Gasteiger partial charge in [0.2, 0.25) is 5.95 Å². The van der Waals surface area contributed by atoms with E-state index in [1.54, 1.807) is 12.4 Å². The van der Waals surface area contributed by atoms with Crippen molar-refractivity contribution in [3.8, 4) is 11.1 Å². The maximum atomic E-state index is 14.0. The molecule has 2 aromatic heterocycles. The number of hydrogen-bond donors (Lipinski definition) is 2. The first-order chi connectivity index (χ1) is 14.6. The zero-order valence-electron chi connectivity index (χ0n) is 15.5. The van der Waals surface area contributed by atoms with Gasteiger partial charge in [-0.05, 0) is 35.9 Å². The topological polar surface area (TPSA) is 79.8 Å². The van der Waals surface area contributed by atoms with Gasteiger partial charge in [-0.1, -0.05) is 41.9 Å². The summed E-state index contributed by atoms with van der Waals surface area (Å²) in [7, 11) is 0. The van der Waals surface area contributed by atoms with E-state index in [0.29, 0.717) is 5.69 Å². The van der Waals surface area contributed by atoms with Crippen LogP contribution in [0.1, 0.15) is 10.5 Å². The monoisotopic (exact) mass is 419 g/mol. The Labute approximate surface area is 176 Å². The summed E-state index contributed by atoms with van der Waals surface area (Å²) in [6, 6.07) is 17.1. The zero-order valence-corrected chi connectivity index (χ0v) is 16.3. The Bertz CT molecular complexity index is 1200. The summed E-state index contributed by atoms with van der Waals surface area (Å²) in [5.74, 6) is -0.913. The van der Waals surface area contributed by atoms with Crippen LogP contribution in [0, 0.1) is 5.82 Å². The Hall–Kier alpha value is -3.84. The highest BCUT2D eigenvalue weighted by Gasteiger charge is 2.13. The van der Waals surface area contributed by atoms with Gasteiger partial charge in [0.05, 0.1) is 17.6 Å². The molecule has 0 aliphatic rings. The van der Waals surface area contributed by atoms with Crippen molar-refractivity contribution in [2.75, 3.05) is 10.6 Å². The number of anilines is 3. The van der Waals surface area contributed by atoms with Gasteiger partial charge in [0, 0.05) is 23.0 Å². The van der Waals surface area contributed by atoms with E-state index in [-0.39, 0.29) is 22.4 Å². The Morgan fingerprint density at radius 3 is 2.60 bits per heavy atom. The van der Waals surface area contributed by atoms with Crippen LogP contribution in [-0.2, 0) is 0 Å². The number of carbonyl (C=O) groups is 1. The Morgan fingerprint density at radius 1 is 0.967 bits per heavy atom. The lowest BCUT2D eigenvalue weighted by Crippen LogP contribution is -2.15. The van der Waals surface area contributed by atoms with E-state index in [1.807, 2.05) is 36.4 Å². The summed E-state index contributed by atoms with van der Waals surface area (Å²) in [4.78, 5) is 25.1. The van der Waals surface area contributed by atoms with Crippen LogP contribution >= 0.6 is 11.6 Å². The van der Waals surface area contributed by atoms with E-state index in [9.17, 15) is 9.18 Å². The molecule has 0 aliphatic heterocycles. The van der Waals surface area contributed by atoms with Crippen molar-refractivity contribution in [2.24, 2.45) is 0 Å². The average Bonchev–Trinajstić information content (AvgIpc) is 2.77. The predicted octanol–water partition coefficient (Wildman–Crippen LogP) is 5.33. The van der Waals surface area contributed by atoms with Crippen LogP contribution in [0.15, 0.2) is 79.3 Å².